The minimum Gasteiger partial charge on any atom is -0.448 e. The molecule has 0 bridgehead atoms. The molecule has 3 heteroatoms. The molecule has 1 aliphatic rings. The Kier molecular flexibility index (Phi) is 3.78. The molecule has 1 aromatic heterocycles. The van der Waals surface area contributed by atoms with E-state index in [4.69, 9.17) is 9.52 Å². The van der Waals surface area contributed by atoms with Gasteiger partial charge in [0.25, 0.3) is 0 Å². The first-order chi connectivity index (χ1) is 7.40. The van der Waals surface area contributed by atoms with Crippen LogP contribution in [0.3, 0.4) is 0 Å². The molecule has 0 aliphatic heterocycles. The summed E-state index contributed by atoms with van der Waals surface area (Å²) in [6.45, 7) is -0.00144. The molecule has 0 amide bonds. The maximum Gasteiger partial charge on any atom is 0.181 e. The molecule has 1 aromatic rings. The summed E-state index contributed by atoms with van der Waals surface area (Å²) in [5.74, 6) is 1.62. The molecule has 0 atom stereocenters. The van der Waals surface area contributed by atoms with Crippen LogP contribution in [0.4, 0.5) is 0 Å². The van der Waals surface area contributed by atoms with Gasteiger partial charge in [-0.05, 0) is 5.92 Å². The van der Waals surface area contributed by atoms with Crippen molar-refractivity contribution >= 4 is 0 Å². The van der Waals surface area contributed by atoms with Gasteiger partial charge in [0.05, 0.1) is 6.61 Å². The zero-order valence-corrected chi connectivity index (χ0v) is 9.11. The van der Waals surface area contributed by atoms with E-state index in [-0.39, 0.29) is 6.61 Å². The first-order valence-electron chi connectivity index (χ1n) is 5.92. The van der Waals surface area contributed by atoms with Crippen LogP contribution in [0.15, 0.2) is 10.8 Å². The van der Waals surface area contributed by atoms with Crippen molar-refractivity contribution in [2.24, 2.45) is 5.92 Å². The van der Waals surface area contributed by atoms with E-state index in [0.29, 0.717) is 0 Å². The van der Waals surface area contributed by atoms with Crippen LogP contribution in [0, 0.1) is 5.92 Å². The highest BCUT2D eigenvalue weighted by Gasteiger charge is 2.16. The van der Waals surface area contributed by atoms with E-state index in [9.17, 15) is 0 Å². The zero-order chi connectivity index (χ0) is 10.5. The van der Waals surface area contributed by atoms with Gasteiger partial charge < -0.3 is 9.52 Å². The van der Waals surface area contributed by atoms with E-state index in [2.05, 4.69) is 4.98 Å². The fourth-order valence-electron chi connectivity index (χ4n) is 2.42. The van der Waals surface area contributed by atoms with Crippen molar-refractivity contribution in [1.29, 1.82) is 0 Å². The van der Waals surface area contributed by atoms with Crippen molar-refractivity contribution in [2.45, 2.75) is 51.6 Å². The van der Waals surface area contributed by atoms with Gasteiger partial charge in [0.15, 0.2) is 6.39 Å². The van der Waals surface area contributed by atoms with Gasteiger partial charge in [0.1, 0.15) is 11.5 Å². The summed E-state index contributed by atoms with van der Waals surface area (Å²) >= 11 is 0. The van der Waals surface area contributed by atoms with Gasteiger partial charge in [-0.2, -0.15) is 0 Å². The fraction of sp³-hybridized carbons (Fsp3) is 0.750. The number of aliphatic hydroxyl groups excluding tert-OH is 1. The second kappa shape index (κ2) is 5.31. The third-order valence-electron chi connectivity index (χ3n) is 3.32. The Hall–Kier alpha value is -0.830. The lowest BCUT2D eigenvalue weighted by molar-refractivity contribution is 0.272. The van der Waals surface area contributed by atoms with Crippen LogP contribution in [0.5, 0.6) is 0 Å². The van der Waals surface area contributed by atoms with Crippen molar-refractivity contribution in [3.8, 4) is 0 Å². The number of rotatable bonds is 3. The Bertz CT molecular complexity index is 288. The maximum absolute atomic E-state index is 9.07. The summed E-state index contributed by atoms with van der Waals surface area (Å²) in [7, 11) is 0. The van der Waals surface area contributed by atoms with Gasteiger partial charge in [0.2, 0.25) is 0 Å². The molecule has 0 aromatic carbocycles. The molecule has 1 aliphatic carbocycles. The van der Waals surface area contributed by atoms with Crippen LogP contribution in [0.1, 0.15) is 50.0 Å². The van der Waals surface area contributed by atoms with Crippen LogP contribution < -0.4 is 0 Å². The molecule has 1 N–H and O–H groups in total. The largest absolute Gasteiger partial charge is 0.448 e. The first-order valence-corrected chi connectivity index (χ1v) is 5.92. The van der Waals surface area contributed by atoms with Crippen molar-refractivity contribution in [3.63, 3.8) is 0 Å². The van der Waals surface area contributed by atoms with E-state index in [1.807, 2.05) is 0 Å². The number of oxazole rings is 1. The average molecular weight is 209 g/mol. The Morgan fingerprint density at radius 3 is 2.67 bits per heavy atom. The molecular formula is C12H19NO2. The molecule has 84 valence electrons. The number of nitrogens with zero attached hydrogens (tertiary/aromatic N) is 1. The second-order valence-corrected chi connectivity index (χ2v) is 4.44. The Morgan fingerprint density at radius 2 is 2.00 bits per heavy atom. The topological polar surface area (TPSA) is 46.3 Å². The van der Waals surface area contributed by atoms with E-state index in [1.165, 1.54) is 44.9 Å². The second-order valence-electron chi connectivity index (χ2n) is 4.44. The standard InChI is InChI=1S/C12H19NO2/c14-8-11-12(15-9-13-11)7-10-5-3-1-2-4-6-10/h9-10,14H,1-8H2. The Balaban J connectivity index is 1.94. The molecule has 0 spiro atoms. The Morgan fingerprint density at radius 1 is 1.27 bits per heavy atom. The van der Waals surface area contributed by atoms with E-state index in [0.717, 1.165) is 23.8 Å². The average Bonchev–Trinajstić information content (AvgIpc) is 2.53. The lowest BCUT2D eigenvalue weighted by Crippen LogP contribution is -2.04. The van der Waals surface area contributed by atoms with Crippen molar-refractivity contribution in [2.75, 3.05) is 0 Å². The van der Waals surface area contributed by atoms with E-state index >= 15 is 0 Å². The molecule has 1 fully saturated rings. The summed E-state index contributed by atoms with van der Waals surface area (Å²) in [5.41, 5.74) is 0.722. The lowest BCUT2D eigenvalue weighted by Gasteiger charge is -2.11. The lowest BCUT2D eigenvalue weighted by atomic mass is 9.95. The monoisotopic (exact) mass is 209 g/mol. The molecule has 0 saturated heterocycles. The summed E-state index contributed by atoms with van der Waals surface area (Å²) < 4.78 is 5.33. The molecule has 3 nitrogen and oxygen atoms in total. The smallest absolute Gasteiger partial charge is 0.181 e. The highest BCUT2D eigenvalue weighted by molar-refractivity contribution is 5.06. The summed E-state index contributed by atoms with van der Waals surface area (Å²) in [5, 5.41) is 9.07. The minimum atomic E-state index is -0.00144. The first kappa shape index (κ1) is 10.7. The van der Waals surface area contributed by atoms with Crippen LogP contribution in [0.2, 0.25) is 0 Å². The van der Waals surface area contributed by atoms with Crippen molar-refractivity contribution in [1.82, 2.24) is 4.98 Å². The molecule has 1 heterocycles. The van der Waals surface area contributed by atoms with Gasteiger partial charge in [-0.25, -0.2) is 4.98 Å². The van der Waals surface area contributed by atoms with Gasteiger partial charge in [-0.1, -0.05) is 38.5 Å². The van der Waals surface area contributed by atoms with Crippen molar-refractivity contribution < 1.29 is 9.52 Å². The number of hydrogen-bond donors (Lipinski definition) is 1. The number of aromatic nitrogens is 1. The molecule has 0 unspecified atom stereocenters. The molecule has 0 radical (unpaired) electrons. The fourth-order valence-corrected chi connectivity index (χ4v) is 2.42. The van der Waals surface area contributed by atoms with Gasteiger partial charge in [-0.15, -0.1) is 0 Å². The molecule has 2 rings (SSSR count). The number of hydrogen-bond acceptors (Lipinski definition) is 3. The van der Waals surface area contributed by atoms with Crippen LogP contribution >= 0.6 is 0 Å². The normalized spacial score (nSPS) is 19.0. The predicted molar refractivity (Wildman–Crippen MR) is 57.3 cm³/mol. The van der Waals surface area contributed by atoms with Crippen LogP contribution in [0.25, 0.3) is 0 Å². The summed E-state index contributed by atoms with van der Waals surface area (Å²) in [6, 6.07) is 0. The van der Waals surface area contributed by atoms with Crippen LogP contribution in [-0.2, 0) is 13.0 Å². The molecule has 15 heavy (non-hydrogen) atoms. The third kappa shape index (κ3) is 2.81. The van der Waals surface area contributed by atoms with E-state index < -0.39 is 0 Å². The van der Waals surface area contributed by atoms with Crippen LogP contribution in [-0.4, -0.2) is 10.1 Å². The predicted octanol–water partition coefficient (Wildman–Crippen LogP) is 2.68. The van der Waals surface area contributed by atoms with Gasteiger partial charge >= 0.3 is 0 Å². The SMILES string of the molecule is OCc1ncoc1CC1CCCCCC1. The summed E-state index contributed by atoms with van der Waals surface area (Å²) in [4.78, 5) is 4.01. The minimum absolute atomic E-state index is 0.00144. The van der Waals surface area contributed by atoms with E-state index in [1.54, 1.807) is 0 Å². The van der Waals surface area contributed by atoms with Crippen molar-refractivity contribution in [3.05, 3.63) is 17.8 Å². The summed E-state index contributed by atoms with van der Waals surface area (Å²) in [6.07, 6.45) is 10.4. The highest BCUT2D eigenvalue weighted by Crippen LogP contribution is 2.26. The third-order valence-corrected chi connectivity index (χ3v) is 3.32. The zero-order valence-electron chi connectivity index (χ0n) is 9.11. The Labute approximate surface area is 90.5 Å². The quantitative estimate of drug-likeness (QED) is 0.778. The molecular weight excluding hydrogens is 190 g/mol. The maximum atomic E-state index is 9.07. The van der Waals surface area contributed by atoms with Gasteiger partial charge in [-0.3, -0.25) is 0 Å². The van der Waals surface area contributed by atoms with Gasteiger partial charge in [0, 0.05) is 6.42 Å². The number of aliphatic hydroxyl groups is 1. The highest BCUT2D eigenvalue weighted by atomic mass is 16.3. The molecule has 1 saturated carbocycles.